The summed E-state index contributed by atoms with van der Waals surface area (Å²) in [6.45, 7) is 2.70. The molecule has 10 heteroatoms. The van der Waals surface area contributed by atoms with Crippen LogP contribution in [-0.2, 0) is 9.59 Å². The van der Waals surface area contributed by atoms with Gasteiger partial charge in [-0.15, -0.1) is 0 Å². The lowest BCUT2D eigenvalue weighted by molar-refractivity contribution is -0.385. The molecular formula is C10H10ClN5O4. The molecule has 0 aromatic carbocycles. The van der Waals surface area contributed by atoms with Crippen LogP contribution < -0.4 is 10.2 Å². The van der Waals surface area contributed by atoms with Gasteiger partial charge in [-0.2, -0.15) is 4.98 Å². The predicted octanol–water partition coefficient (Wildman–Crippen LogP) is 0.198. The van der Waals surface area contributed by atoms with Crippen molar-refractivity contribution < 1.29 is 14.5 Å². The number of carbonyl (C=O) groups is 2. The zero-order chi connectivity index (χ0) is 15.0. The normalized spacial score (nSPS) is 18.9. The second-order valence-corrected chi connectivity index (χ2v) is 4.56. The molecule has 20 heavy (non-hydrogen) atoms. The zero-order valence-corrected chi connectivity index (χ0v) is 11.3. The number of hydrogen-bond donors (Lipinski definition) is 1. The summed E-state index contributed by atoms with van der Waals surface area (Å²) < 4.78 is 0. The fourth-order valence-corrected chi connectivity index (χ4v) is 2.11. The van der Waals surface area contributed by atoms with Crippen LogP contribution in [0.4, 0.5) is 11.5 Å². The zero-order valence-electron chi connectivity index (χ0n) is 10.6. The summed E-state index contributed by atoms with van der Waals surface area (Å²) in [6.07, 6.45) is 0. The Hall–Kier alpha value is -2.29. The molecule has 0 aliphatic carbocycles. The van der Waals surface area contributed by atoms with Gasteiger partial charge < -0.3 is 4.90 Å². The molecule has 1 aromatic heterocycles. The van der Waals surface area contributed by atoms with E-state index in [-0.39, 0.29) is 29.0 Å². The molecule has 1 aliphatic rings. The van der Waals surface area contributed by atoms with Gasteiger partial charge in [0.15, 0.2) is 0 Å². The van der Waals surface area contributed by atoms with Crippen LogP contribution >= 0.6 is 11.6 Å². The number of rotatable bonds is 2. The van der Waals surface area contributed by atoms with E-state index in [9.17, 15) is 19.7 Å². The van der Waals surface area contributed by atoms with E-state index < -0.39 is 22.8 Å². The Labute approximate surface area is 118 Å². The van der Waals surface area contributed by atoms with E-state index in [2.05, 4.69) is 15.3 Å². The van der Waals surface area contributed by atoms with Crippen LogP contribution in [0, 0.1) is 17.0 Å². The lowest BCUT2D eigenvalue weighted by Gasteiger charge is -2.32. The van der Waals surface area contributed by atoms with Gasteiger partial charge in [-0.3, -0.25) is 25.0 Å². The molecule has 1 saturated heterocycles. The minimum atomic E-state index is -0.781. The number of amides is 2. The Morgan fingerprint density at radius 1 is 1.45 bits per heavy atom. The molecule has 1 aromatic rings. The van der Waals surface area contributed by atoms with Crippen LogP contribution in [0.1, 0.15) is 12.6 Å². The van der Waals surface area contributed by atoms with Crippen molar-refractivity contribution in [2.75, 3.05) is 11.4 Å². The molecule has 1 aliphatic heterocycles. The number of nitro groups is 1. The molecule has 0 radical (unpaired) electrons. The Kier molecular flexibility index (Phi) is 3.53. The monoisotopic (exact) mass is 299 g/mol. The topological polar surface area (TPSA) is 118 Å². The van der Waals surface area contributed by atoms with Crippen LogP contribution in [0.5, 0.6) is 0 Å². The summed E-state index contributed by atoms with van der Waals surface area (Å²) in [5, 5.41) is 13.1. The number of piperazine rings is 1. The minimum Gasteiger partial charge on any atom is -0.330 e. The van der Waals surface area contributed by atoms with E-state index in [1.807, 2.05) is 0 Å². The maximum atomic E-state index is 11.6. The summed E-state index contributed by atoms with van der Waals surface area (Å²) in [5.41, 5.74) is -0.306. The highest BCUT2D eigenvalue weighted by Gasteiger charge is 2.36. The third kappa shape index (κ3) is 2.39. The smallest absolute Gasteiger partial charge is 0.330 e. The van der Waals surface area contributed by atoms with Gasteiger partial charge in [0.1, 0.15) is 11.7 Å². The first-order valence-electron chi connectivity index (χ1n) is 5.60. The van der Waals surface area contributed by atoms with Crippen LogP contribution in [0.3, 0.4) is 0 Å². The Balaban J connectivity index is 2.58. The lowest BCUT2D eigenvalue weighted by atomic mass is 10.2. The standard InChI is InChI=1S/C10H10ClN5O4/c1-4-7(16(19)20)8(14-10(11)12-4)15-3-6(17)13-9(18)5(15)2/h5H,3H2,1-2H3,(H,13,17,18). The maximum Gasteiger partial charge on any atom is 0.332 e. The van der Waals surface area contributed by atoms with E-state index in [0.717, 1.165) is 0 Å². The molecular weight excluding hydrogens is 290 g/mol. The number of aryl methyl sites for hydroxylation is 1. The second kappa shape index (κ2) is 5.00. The number of imide groups is 1. The van der Waals surface area contributed by atoms with Crippen molar-refractivity contribution >= 4 is 34.9 Å². The van der Waals surface area contributed by atoms with E-state index in [4.69, 9.17) is 11.6 Å². The molecule has 1 N–H and O–H groups in total. The van der Waals surface area contributed by atoms with Crippen molar-refractivity contribution in [1.29, 1.82) is 0 Å². The van der Waals surface area contributed by atoms with E-state index in [1.54, 1.807) is 0 Å². The number of carbonyl (C=O) groups excluding carboxylic acids is 2. The number of hydrogen-bond acceptors (Lipinski definition) is 7. The molecule has 106 valence electrons. The van der Waals surface area contributed by atoms with Gasteiger partial charge >= 0.3 is 5.69 Å². The van der Waals surface area contributed by atoms with Crippen molar-refractivity contribution in [3.63, 3.8) is 0 Å². The lowest BCUT2D eigenvalue weighted by Crippen LogP contribution is -2.57. The molecule has 0 spiro atoms. The fraction of sp³-hybridized carbons (Fsp3) is 0.400. The van der Waals surface area contributed by atoms with Gasteiger partial charge in [0.05, 0.1) is 11.5 Å². The van der Waals surface area contributed by atoms with Gasteiger partial charge in [0.2, 0.25) is 22.9 Å². The quantitative estimate of drug-likeness (QED) is 0.358. The van der Waals surface area contributed by atoms with Gasteiger partial charge in [0, 0.05) is 0 Å². The van der Waals surface area contributed by atoms with E-state index >= 15 is 0 Å². The Morgan fingerprint density at radius 3 is 2.70 bits per heavy atom. The van der Waals surface area contributed by atoms with Crippen LogP contribution in [0.25, 0.3) is 0 Å². The summed E-state index contributed by atoms with van der Waals surface area (Å²) in [7, 11) is 0. The summed E-state index contributed by atoms with van der Waals surface area (Å²) in [6, 6.07) is -0.781. The van der Waals surface area contributed by atoms with Gasteiger partial charge in [-0.25, -0.2) is 4.98 Å². The maximum absolute atomic E-state index is 11.6. The van der Waals surface area contributed by atoms with Crippen molar-refractivity contribution in [3.05, 3.63) is 21.1 Å². The number of halogens is 1. The van der Waals surface area contributed by atoms with Crippen molar-refractivity contribution in [3.8, 4) is 0 Å². The number of anilines is 1. The summed E-state index contributed by atoms with van der Waals surface area (Å²) in [4.78, 5) is 42.3. The molecule has 0 bridgehead atoms. The molecule has 2 rings (SSSR count). The molecule has 1 fully saturated rings. The number of nitrogens with zero attached hydrogens (tertiary/aromatic N) is 4. The molecule has 1 unspecified atom stereocenters. The molecule has 2 amide bonds. The average Bonchev–Trinajstić information content (AvgIpc) is 2.32. The van der Waals surface area contributed by atoms with Crippen LogP contribution in [0.2, 0.25) is 5.28 Å². The highest BCUT2D eigenvalue weighted by Crippen LogP contribution is 2.31. The second-order valence-electron chi connectivity index (χ2n) is 4.22. The molecule has 0 saturated carbocycles. The minimum absolute atomic E-state index is 0.0654. The highest BCUT2D eigenvalue weighted by molar-refractivity contribution is 6.28. The summed E-state index contributed by atoms with van der Waals surface area (Å²) >= 11 is 5.71. The highest BCUT2D eigenvalue weighted by atomic mass is 35.5. The third-order valence-corrected chi connectivity index (χ3v) is 3.06. The Morgan fingerprint density at radius 2 is 2.10 bits per heavy atom. The summed E-state index contributed by atoms with van der Waals surface area (Å²) in [5.74, 6) is -1.25. The number of aromatic nitrogens is 2. The largest absolute Gasteiger partial charge is 0.332 e. The molecule has 2 heterocycles. The van der Waals surface area contributed by atoms with Crippen molar-refractivity contribution in [2.24, 2.45) is 0 Å². The van der Waals surface area contributed by atoms with Crippen LogP contribution in [-0.4, -0.2) is 39.3 Å². The van der Waals surface area contributed by atoms with E-state index in [1.165, 1.54) is 18.7 Å². The molecule has 9 nitrogen and oxygen atoms in total. The van der Waals surface area contributed by atoms with Gasteiger partial charge in [-0.05, 0) is 25.4 Å². The van der Waals surface area contributed by atoms with Crippen molar-refractivity contribution in [2.45, 2.75) is 19.9 Å². The SMILES string of the molecule is Cc1nc(Cl)nc(N2CC(=O)NC(=O)C2C)c1[N+](=O)[O-]. The third-order valence-electron chi connectivity index (χ3n) is 2.89. The van der Waals surface area contributed by atoms with Gasteiger partial charge in [-0.1, -0.05) is 0 Å². The number of nitrogens with one attached hydrogen (secondary N) is 1. The first-order valence-corrected chi connectivity index (χ1v) is 5.98. The predicted molar refractivity (Wildman–Crippen MR) is 68.4 cm³/mol. The average molecular weight is 300 g/mol. The fourth-order valence-electron chi connectivity index (χ4n) is 1.91. The first-order chi connectivity index (χ1) is 9.31. The van der Waals surface area contributed by atoms with Crippen molar-refractivity contribution in [1.82, 2.24) is 15.3 Å². The first kappa shape index (κ1) is 14.1. The van der Waals surface area contributed by atoms with E-state index in [0.29, 0.717) is 0 Å². The molecule has 1 atom stereocenters. The van der Waals surface area contributed by atoms with Gasteiger partial charge in [0.25, 0.3) is 0 Å². The van der Waals surface area contributed by atoms with Crippen LogP contribution in [0.15, 0.2) is 0 Å². The Bertz CT molecular complexity index is 620.